The Bertz CT molecular complexity index is 1630. The Hall–Kier alpha value is -4.49. The van der Waals surface area contributed by atoms with Crippen molar-refractivity contribution >= 4 is 28.9 Å². The number of carbonyl (C=O) groups is 1. The van der Waals surface area contributed by atoms with E-state index in [1.54, 1.807) is 42.1 Å². The summed E-state index contributed by atoms with van der Waals surface area (Å²) in [5.41, 5.74) is 2.33. The number of aromatic nitrogens is 4. The topological polar surface area (TPSA) is 103 Å². The molecule has 1 aliphatic heterocycles. The van der Waals surface area contributed by atoms with E-state index in [9.17, 15) is 18.0 Å². The SMILES string of the molecule is CCN1CCN(Cc2cc(NC(=O)c3ccc(C)c(Nc4cc(C)nn4-c4cc(NC)ncn4)c3)cc(C(F)(F)F)c2)CC1. The molecule has 232 valence electrons. The second-order valence-electron chi connectivity index (χ2n) is 10.8. The molecule has 2 aromatic heterocycles. The standard InChI is InChI=1S/C31H36F3N9O/c1-5-41-8-10-42(11-9-41)18-22-13-24(31(32,33)34)16-25(14-22)38-30(44)23-7-6-20(2)26(15-23)39-29-12-21(3)40-43(29)28-17-27(35-4)36-19-37-28/h6-7,12-17,19,39H,5,8-11,18H2,1-4H3,(H,38,44)(H,35,36,37). The number of hydrogen-bond acceptors (Lipinski definition) is 8. The molecule has 1 saturated heterocycles. The molecule has 1 fully saturated rings. The molecule has 3 heterocycles. The molecule has 0 spiro atoms. The van der Waals surface area contributed by atoms with E-state index in [-0.39, 0.29) is 11.3 Å². The van der Waals surface area contributed by atoms with E-state index < -0.39 is 17.6 Å². The molecule has 0 aliphatic carbocycles. The number of nitrogens with one attached hydrogen (secondary N) is 3. The lowest BCUT2D eigenvalue weighted by Crippen LogP contribution is -2.45. The summed E-state index contributed by atoms with van der Waals surface area (Å²) in [7, 11) is 1.76. The number of amides is 1. The van der Waals surface area contributed by atoms with Gasteiger partial charge in [-0.15, -0.1) is 0 Å². The molecular formula is C31H36F3N9O. The number of rotatable bonds is 9. The molecule has 5 rings (SSSR count). The summed E-state index contributed by atoms with van der Waals surface area (Å²) in [6.45, 7) is 10.5. The van der Waals surface area contributed by atoms with Gasteiger partial charge >= 0.3 is 6.18 Å². The van der Waals surface area contributed by atoms with Gasteiger partial charge < -0.3 is 20.9 Å². The first-order valence-corrected chi connectivity index (χ1v) is 14.4. The van der Waals surface area contributed by atoms with Crippen LogP contribution >= 0.6 is 0 Å². The van der Waals surface area contributed by atoms with Gasteiger partial charge in [0.25, 0.3) is 5.91 Å². The predicted molar refractivity (Wildman–Crippen MR) is 165 cm³/mol. The van der Waals surface area contributed by atoms with Crippen LogP contribution in [-0.4, -0.2) is 75.2 Å². The Labute approximate surface area is 254 Å². The highest BCUT2D eigenvalue weighted by Crippen LogP contribution is 2.33. The van der Waals surface area contributed by atoms with Crippen LogP contribution in [0.3, 0.4) is 0 Å². The summed E-state index contributed by atoms with van der Waals surface area (Å²) in [5.74, 6) is 1.26. The number of alkyl halides is 3. The lowest BCUT2D eigenvalue weighted by atomic mass is 10.1. The van der Waals surface area contributed by atoms with Crippen LogP contribution in [0.15, 0.2) is 54.9 Å². The van der Waals surface area contributed by atoms with E-state index in [0.717, 1.165) is 56.1 Å². The van der Waals surface area contributed by atoms with Gasteiger partial charge in [0.2, 0.25) is 0 Å². The minimum absolute atomic E-state index is 0.0971. The summed E-state index contributed by atoms with van der Waals surface area (Å²) in [5, 5.41) is 13.5. The van der Waals surface area contributed by atoms with Gasteiger partial charge in [-0.2, -0.15) is 23.0 Å². The minimum atomic E-state index is -4.55. The first-order valence-electron chi connectivity index (χ1n) is 14.4. The number of aryl methyl sites for hydroxylation is 2. The highest BCUT2D eigenvalue weighted by Gasteiger charge is 2.31. The second-order valence-corrected chi connectivity index (χ2v) is 10.8. The van der Waals surface area contributed by atoms with Gasteiger partial charge in [0.05, 0.1) is 11.3 Å². The molecule has 3 N–H and O–H groups in total. The molecule has 13 heteroatoms. The lowest BCUT2D eigenvalue weighted by molar-refractivity contribution is -0.137. The maximum atomic E-state index is 13.8. The summed E-state index contributed by atoms with van der Waals surface area (Å²) in [6, 6.07) is 12.5. The molecule has 44 heavy (non-hydrogen) atoms. The quantitative estimate of drug-likeness (QED) is 0.230. The Kier molecular flexibility index (Phi) is 9.16. The van der Waals surface area contributed by atoms with E-state index in [2.05, 4.69) is 47.7 Å². The molecule has 0 unspecified atom stereocenters. The Morgan fingerprint density at radius 1 is 0.955 bits per heavy atom. The number of likely N-dealkylation sites (N-methyl/N-ethyl adjacent to an activating group) is 1. The molecule has 0 radical (unpaired) electrons. The van der Waals surface area contributed by atoms with Crippen LogP contribution in [0.4, 0.5) is 36.2 Å². The number of nitrogens with zero attached hydrogens (tertiary/aromatic N) is 6. The maximum absolute atomic E-state index is 13.8. The number of carbonyl (C=O) groups excluding carboxylic acids is 1. The van der Waals surface area contributed by atoms with Crippen LogP contribution in [0, 0.1) is 13.8 Å². The van der Waals surface area contributed by atoms with E-state index in [1.807, 2.05) is 19.9 Å². The van der Waals surface area contributed by atoms with Crippen LogP contribution in [0.1, 0.15) is 39.7 Å². The average molecular weight is 608 g/mol. The normalized spacial score (nSPS) is 14.4. The zero-order chi connectivity index (χ0) is 31.4. The number of halogens is 3. The van der Waals surface area contributed by atoms with E-state index in [1.165, 1.54) is 6.33 Å². The third kappa shape index (κ3) is 7.34. The van der Waals surface area contributed by atoms with Crippen molar-refractivity contribution in [3.63, 3.8) is 0 Å². The van der Waals surface area contributed by atoms with Crippen molar-refractivity contribution in [2.75, 3.05) is 55.7 Å². The van der Waals surface area contributed by atoms with Gasteiger partial charge in [-0.25, -0.2) is 9.97 Å². The second kappa shape index (κ2) is 13.0. The largest absolute Gasteiger partial charge is 0.416 e. The van der Waals surface area contributed by atoms with Gasteiger partial charge in [0.1, 0.15) is 18.0 Å². The molecule has 0 bridgehead atoms. The molecular weight excluding hydrogens is 571 g/mol. The van der Waals surface area contributed by atoms with Crippen LogP contribution in [0.2, 0.25) is 0 Å². The van der Waals surface area contributed by atoms with Gasteiger partial charge in [0, 0.05) is 68.8 Å². The van der Waals surface area contributed by atoms with Crippen molar-refractivity contribution in [3.8, 4) is 5.82 Å². The fraction of sp³-hybridized carbons (Fsp3) is 0.355. The number of piperazine rings is 1. The highest BCUT2D eigenvalue weighted by atomic mass is 19.4. The molecule has 10 nitrogen and oxygen atoms in total. The summed E-state index contributed by atoms with van der Waals surface area (Å²) in [4.78, 5) is 26.3. The summed E-state index contributed by atoms with van der Waals surface area (Å²) < 4.78 is 43.1. The molecule has 4 aromatic rings. The zero-order valence-corrected chi connectivity index (χ0v) is 25.2. The fourth-order valence-corrected chi connectivity index (χ4v) is 5.14. The van der Waals surface area contributed by atoms with Crippen molar-refractivity contribution in [2.24, 2.45) is 0 Å². The third-order valence-electron chi connectivity index (χ3n) is 7.62. The van der Waals surface area contributed by atoms with Crippen LogP contribution in [0.25, 0.3) is 5.82 Å². The molecule has 0 atom stereocenters. The van der Waals surface area contributed by atoms with Crippen LogP contribution in [0.5, 0.6) is 0 Å². The number of hydrogen-bond donors (Lipinski definition) is 3. The van der Waals surface area contributed by atoms with Crippen molar-refractivity contribution in [1.29, 1.82) is 0 Å². The van der Waals surface area contributed by atoms with Gasteiger partial charge in [-0.05, 0) is 61.9 Å². The Balaban J connectivity index is 1.37. The fourth-order valence-electron chi connectivity index (χ4n) is 5.14. The van der Waals surface area contributed by atoms with E-state index in [4.69, 9.17) is 0 Å². The predicted octanol–water partition coefficient (Wildman–Crippen LogP) is 5.47. The average Bonchev–Trinajstić information content (AvgIpc) is 3.37. The first kappa shape index (κ1) is 31.0. The van der Waals surface area contributed by atoms with Crippen molar-refractivity contribution in [1.82, 2.24) is 29.5 Å². The monoisotopic (exact) mass is 607 g/mol. The van der Waals surface area contributed by atoms with Crippen molar-refractivity contribution < 1.29 is 18.0 Å². The zero-order valence-electron chi connectivity index (χ0n) is 25.2. The molecule has 1 amide bonds. The van der Waals surface area contributed by atoms with E-state index in [0.29, 0.717) is 35.2 Å². The number of anilines is 4. The lowest BCUT2D eigenvalue weighted by Gasteiger charge is -2.34. The minimum Gasteiger partial charge on any atom is -0.373 e. The summed E-state index contributed by atoms with van der Waals surface area (Å²) >= 11 is 0. The molecule has 2 aromatic carbocycles. The number of benzene rings is 2. The highest BCUT2D eigenvalue weighted by molar-refractivity contribution is 6.05. The van der Waals surface area contributed by atoms with Gasteiger partial charge in [0.15, 0.2) is 5.82 Å². The van der Waals surface area contributed by atoms with Crippen molar-refractivity contribution in [2.45, 2.75) is 33.5 Å². The van der Waals surface area contributed by atoms with E-state index >= 15 is 0 Å². The molecule has 0 saturated carbocycles. The first-order chi connectivity index (χ1) is 21.0. The Morgan fingerprint density at radius 3 is 2.41 bits per heavy atom. The van der Waals surface area contributed by atoms with Crippen LogP contribution < -0.4 is 16.0 Å². The van der Waals surface area contributed by atoms with Crippen LogP contribution in [-0.2, 0) is 12.7 Å². The van der Waals surface area contributed by atoms with Gasteiger partial charge in [-0.1, -0.05) is 13.0 Å². The van der Waals surface area contributed by atoms with Gasteiger partial charge in [-0.3, -0.25) is 9.69 Å². The smallest absolute Gasteiger partial charge is 0.373 e. The maximum Gasteiger partial charge on any atom is 0.416 e. The van der Waals surface area contributed by atoms with Crippen molar-refractivity contribution in [3.05, 3.63) is 82.8 Å². The summed E-state index contributed by atoms with van der Waals surface area (Å²) in [6.07, 6.45) is -3.11. The third-order valence-corrected chi connectivity index (χ3v) is 7.62. The molecule has 1 aliphatic rings. The Morgan fingerprint density at radius 2 is 1.70 bits per heavy atom.